The minimum absolute atomic E-state index is 0.127. The highest BCUT2D eigenvalue weighted by Gasteiger charge is 2.16. The van der Waals surface area contributed by atoms with Gasteiger partial charge < -0.3 is 29.6 Å². The zero-order chi connectivity index (χ0) is 26.9. The van der Waals surface area contributed by atoms with Crippen LogP contribution < -0.4 is 35.0 Å². The first kappa shape index (κ1) is 26.3. The van der Waals surface area contributed by atoms with Gasteiger partial charge in [-0.15, -0.1) is 0 Å². The fraction of sp³-hybridized carbons (Fsp3) is 0.154. The maximum atomic E-state index is 12.2. The number of hydrogen-bond donors (Lipinski definition) is 3. The van der Waals surface area contributed by atoms with Crippen molar-refractivity contribution in [2.45, 2.75) is 6.54 Å². The largest absolute Gasteiger partial charge is 0.493 e. The lowest BCUT2D eigenvalue weighted by molar-refractivity contribution is -0.139. The van der Waals surface area contributed by atoms with Gasteiger partial charge in [-0.1, -0.05) is 23.7 Å². The van der Waals surface area contributed by atoms with E-state index < -0.39 is 11.8 Å². The second kappa shape index (κ2) is 12.5. The van der Waals surface area contributed by atoms with Crippen LogP contribution in [0.3, 0.4) is 0 Å². The summed E-state index contributed by atoms with van der Waals surface area (Å²) in [6, 6.07) is 16.8. The molecule has 1 aliphatic rings. The summed E-state index contributed by atoms with van der Waals surface area (Å²) in [7, 11) is 1.45. The van der Waals surface area contributed by atoms with Gasteiger partial charge in [-0.3, -0.25) is 14.4 Å². The number of anilines is 1. The normalized spacial score (nSPS) is 11.6. The van der Waals surface area contributed by atoms with Crippen molar-refractivity contribution in [3.63, 3.8) is 0 Å². The van der Waals surface area contributed by atoms with Crippen molar-refractivity contribution in [1.82, 2.24) is 10.7 Å². The van der Waals surface area contributed by atoms with Crippen molar-refractivity contribution in [1.29, 1.82) is 0 Å². The van der Waals surface area contributed by atoms with E-state index in [4.69, 9.17) is 30.5 Å². The van der Waals surface area contributed by atoms with E-state index in [0.29, 0.717) is 39.3 Å². The number of halogens is 1. The number of amides is 3. The summed E-state index contributed by atoms with van der Waals surface area (Å²) in [6.07, 6.45) is 1.33. The highest BCUT2D eigenvalue weighted by Crippen LogP contribution is 2.32. The molecule has 1 aliphatic heterocycles. The van der Waals surface area contributed by atoms with Crippen molar-refractivity contribution in [3.8, 4) is 23.0 Å². The van der Waals surface area contributed by atoms with Gasteiger partial charge in [0, 0.05) is 17.3 Å². The predicted molar refractivity (Wildman–Crippen MR) is 139 cm³/mol. The molecule has 3 aromatic carbocycles. The molecule has 4 rings (SSSR count). The summed E-state index contributed by atoms with van der Waals surface area (Å²) in [5.41, 5.74) is 4.02. The van der Waals surface area contributed by atoms with Crippen molar-refractivity contribution < 1.29 is 33.3 Å². The number of hydrazone groups is 1. The van der Waals surface area contributed by atoms with Crippen LogP contribution in [-0.4, -0.2) is 44.4 Å². The first-order valence-electron chi connectivity index (χ1n) is 11.3. The van der Waals surface area contributed by atoms with E-state index in [1.807, 2.05) is 0 Å². The highest BCUT2D eigenvalue weighted by atomic mass is 35.5. The summed E-state index contributed by atoms with van der Waals surface area (Å²) in [5, 5.41) is 9.50. The van der Waals surface area contributed by atoms with Gasteiger partial charge in [0.1, 0.15) is 0 Å². The lowest BCUT2D eigenvalue weighted by Crippen LogP contribution is -2.37. The number of methoxy groups -OCH3 is 1. The van der Waals surface area contributed by atoms with E-state index in [1.165, 1.54) is 13.3 Å². The van der Waals surface area contributed by atoms with Gasteiger partial charge in [0.15, 0.2) is 29.6 Å². The van der Waals surface area contributed by atoms with Crippen molar-refractivity contribution in [2.24, 2.45) is 5.10 Å². The average molecular weight is 539 g/mol. The maximum absolute atomic E-state index is 12.2. The minimum atomic E-state index is -0.931. The quantitative estimate of drug-likeness (QED) is 0.216. The number of fused-ring (bicyclic) bond motifs is 1. The van der Waals surface area contributed by atoms with E-state index >= 15 is 0 Å². The lowest BCUT2D eigenvalue weighted by atomic mass is 10.2. The summed E-state index contributed by atoms with van der Waals surface area (Å²) < 4.78 is 21.4. The molecule has 12 heteroatoms. The van der Waals surface area contributed by atoms with Crippen LogP contribution in [0.5, 0.6) is 23.0 Å². The number of benzene rings is 3. The monoisotopic (exact) mass is 538 g/mol. The Morgan fingerprint density at radius 3 is 2.66 bits per heavy atom. The average Bonchev–Trinajstić information content (AvgIpc) is 3.39. The third-order valence-electron chi connectivity index (χ3n) is 5.13. The highest BCUT2D eigenvalue weighted by molar-refractivity contribution is 6.35. The smallest absolute Gasteiger partial charge is 0.329 e. The third-order valence-corrected chi connectivity index (χ3v) is 5.37. The number of ether oxygens (including phenoxy) is 4. The number of nitrogens with zero attached hydrogens (tertiary/aromatic N) is 1. The Bertz CT molecular complexity index is 1380. The Balaban J connectivity index is 1.24. The first-order chi connectivity index (χ1) is 18.4. The number of nitrogens with one attached hydrogen (secondary N) is 3. The first-order valence-corrected chi connectivity index (χ1v) is 11.6. The van der Waals surface area contributed by atoms with Crippen LogP contribution in [0.1, 0.15) is 11.1 Å². The molecule has 0 unspecified atom stereocenters. The number of carbonyl (C=O) groups excluding carboxylic acids is 3. The van der Waals surface area contributed by atoms with Gasteiger partial charge in [-0.25, -0.2) is 5.43 Å². The molecule has 0 spiro atoms. The van der Waals surface area contributed by atoms with Crippen molar-refractivity contribution in [2.75, 3.05) is 25.8 Å². The molecule has 0 fully saturated rings. The predicted octanol–water partition coefficient (Wildman–Crippen LogP) is 2.86. The standard InChI is InChI=1S/C26H23ClN4O7/c1-35-22-9-17(6-7-20(22)36-14-24(32)30-19-4-2-3-18(27)11-19)13-29-31-26(34)25(33)28-12-16-5-8-21-23(10-16)38-15-37-21/h2-11,13H,12,14-15H2,1H3,(H,28,33)(H,30,32)(H,31,34)/b29-13-. The number of rotatable bonds is 9. The zero-order valence-electron chi connectivity index (χ0n) is 20.2. The summed E-state index contributed by atoms with van der Waals surface area (Å²) >= 11 is 5.92. The van der Waals surface area contributed by atoms with Gasteiger partial charge in [0.05, 0.1) is 13.3 Å². The molecular formula is C26H23ClN4O7. The van der Waals surface area contributed by atoms with E-state index in [-0.39, 0.29) is 25.9 Å². The van der Waals surface area contributed by atoms with Crippen LogP contribution in [0, 0.1) is 0 Å². The van der Waals surface area contributed by atoms with Crippen LogP contribution >= 0.6 is 11.6 Å². The molecule has 0 bridgehead atoms. The molecule has 3 aromatic rings. The molecule has 0 atom stereocenters. The molecule has 0 aromatic heterocycles. The van der Waals surface area contributed by atoms with Gasteiger partial charge in [0.2, 0.25) is 6.79 Å². The Morgan fingerprint density at radius 1 is 1.00 bits per heavy atom. The fourth-order valence-corrected chi connectivity index (χ4v) is 3.51. The van der Waals surface area contributed by atoms with Crippen LogP contribution in [-0.2, 0) is 20.9 Å². The molecule has 0 aliphatic carbocycles. The topological polar surface area (TPSA) is 137 Å². The Hall–Kier alpha value is -4.77. The molecule has 0 saturated carbocycles. The van der Waals surface area contributed by atoms with Gasteiger partial charge >= 0.3 is 11.8 Å². The Kier molecular flexibility index (Phi) is 8.62. The van der Waals surface area contributed by atoms with Crippen LogP contribution in [0.2, 0.25) is 5.02 Å². The molecule has 0 saturated heterocycles. The molecule has 3 amide bonds. The summed E-state index contributed by atoms with van der Waals surface area (Å²) in [5.74, 6) is -0.271. The molecule has 38 heavy (non-hydrogen) atoms. The minimum Gasteiger partial charge on any atom is -0.493 e. The van der Waals surface area contributed by atoms with Gasteiger partial charge in [0.25, 0.3) is 5.91 Å². The summed E-state index contributed by atoms with van der Waals surface area (Å²) in [6.45, 7) is 0.0191. The van der Waals surface area contributed by atoms with E-state index in [2.05, 4.69) is 21.2 Å². The van der Waals surface area contributed by atoms with Crippen LogP contribution in [0.4, 0.5) is 5.69 Å². The van der Waals surface area contributed by atoms with Crippen LogP contribution in [0.25, 0.3) is 0 Å². The van der Waals surface area contributed by atoms with Crippen LogP contribution in [0.15, 0.2) is 65.8 Å². The number of hydrogen-bond acceptors (Lipinski definition) is 8. The van der Waals surface area contributed by atoms with E-state index in [1.54, 1.807) is 60.7 Å². The molecule has 0 radical (unpaired) electrons. The third kappa shape index (κ3) is 7.14. The summed E-state index contributed by atoms with van der Waals surface area (Å²) in [4.78, 5) is 36.3. The molecular weight excluding hydrogens is 516 g/mol. The second-order valence-electron chi connectivity index (χ2n) is 7.83. The molecule has 1 heterocycles. The van der Waals surface area contributed by atoms with Gasteiger partial charge in [-0.2, -0.15) is 5.10 Å². The van der Waals surface area contributed by atoms with Crippen molar-refractivity contribution in [3.05, 3.63) is 76.8 Å². The van der Waals surface area contributed by atoms with Gasteiger partial charge in [-0.05, 0) is 59.7 Å². The van der Waals surface area contributed by atoms with Crippen molar-refractivity contribution >= 4 is 41.2 Å². The maximum Gasteiger partial charge on any atom is 0.329 e. The molecule has 3 N–H and O–H groups in total. The Labute approximate surface area is 222 Å². The second-order valence-corrected chi connectivity index (χ2v) is 8.26. The SMILES string of the molecule is COc1cc(/C=N\NC(=O)C(=O)NCc2ccc3c(c2)OCO3)ccc1OCC(=O)Nc1cccc(Cl)c1. The lowest BCUT2D eigenvalue weighted by Gasteiger charge is -2.11. The number of carbonyl (C=O) groups is 3. The molecule has 196 valence electrons. The zero-order valence-corrected chi connectivity index (χ0v) is 20.9. The van der Waals surface area contributed by atoms with E-state index in [0.717, 1.165) is 5.56 Å². The molecule has 11 nitrogen and oxygen atoms in total. The van der Waals surface area contributed by atoms with E-state index in [9.17, 15) is 14.4 Å². The fourth-order valence-electron chi connectivity index (χ4n) is 3.32. The Morgan fingerprint density at radius 2 is 1.84 bits per heavy atom.